The van der Waals surface area contributed by atoms with Crippen LogP contribution in [0, 0.1) is 11.8 Å². The molecule has 2 N–H and O–H groups in total. The van der Waals surface area contributed by atoms with E-state index in [0.29, 0.717) is 18.9 Å². The molecule has 130 valence electrons. The van der Waals surface area contributed by atoms with Gasteiger partial charge in [-0.1, -0.05) is 30.3 Å². The van der Waals surface area contributed by atoms with E-state index in [1.807, 2.05) is 35.2 Å². The third-order valence-electron chi connectivity index (χ3n) is 5.18. The molecule has 2 atom stereocenters. The number of nitrogens with zero attached hydrogens (tertiary/aromatic N) is 1. The summed E-state index contributed by atoms with van der Waals surface area (Å²) in [7, 11) is 0. The Bertz CT molecular complexity index is 567. The molecular formula is C19H26N2O3. The van der Waals surface area contributed by atoms with Gasteiger partial charge in [0, 0.05) is 26.1 Å². The van der Waals surface area contributed by atoms with E-state index in [-0.39, 0.29) is 23.8 Å². The average molecular weight is 330 g/mol. The molecule has 2 fully saturated rings. The standard InChI is InChI=1S/C19H26N2O3/c20-17(22)13-14-8-10-21(11-9-14)19(23)16-7-4-12-24-18(16)15-5-2-1-3-6-15/h1-3,5-6,14,16,18H,4,7-13H2,(H2,20,22)/t16-,18-/m0/s1. The van der Waals surface area contributed by atoms with Gasteiger partial charge in [-0.3, -0.25) is 9.59 Å². The molecule has 0 radical (unpaired) electrons. The summed E-state index contributed by atoms with van der Waals surface area (Å²) in [4.78, 5) is 26.0. The second kappa shape index (κ2) is 7.79. The Balaban J connectivity index is 1.64. The predicted molar refractivity (Wildman–Crippen MR) is 91.0 cm³/mol. The maximum atomic E-state index is 13.0. The summed E-state index contributed by atoms with van der Waals surface area (Å²) in [6, 6.07) is 10.0. The fourth-order valence-electron chi connectivity index (χ4n) is 3.88. The highest BCUT2D eigenvalue weighted by Crippen LogP contribution is 2.35. The first-order valence-corrected chi connectivity index (χ1v) is 8.89. The highest BCUT2D eigenvalue weighted by molar-refractivity contribution is 5.80. The zero-order chi connectivity index (χ0) is 16.9. The summed E-state index contributed by atoms with van der Waals surface area (Å²) < 4.78 is 5.95. The van der Waals surface area contributed by atoms with E-state index in [4.69, 9.17) is 10.5 Å². The minimum atomic E-state index is -0.246. The van der Waals surface area contributed by atoms with Gasteiger partial charge < -0.3 is 15.4 Å². The molecule has 3 rings (SSSR count). The molecule has 0 spiro atoms. The van der Waals surface area contributed by atoms with Crippen LogP contribution in [0.4, 0.5) is 0 Å². The number of piperidine rings is 1. The second-order valence-electron chi connectivity index (χ2n) is 6.89. The maximum absolute atomic E-state index is 13.0. The fraction of sp³-hybridized carbons (Fsp3) is 0.579. The fourth-order valence-corrected chi connectivity index (χ4v) is 3.88. The normalized spacial score (nSPS) is 25.4. The summed E-state index contributed by atoms with van der Waals surface area (Å²) >= 11 is 0. The smallest absolute Gasteiger partial charge is 0.228 e. The first-order valence-electron chi connectivity index (χ1n) is 8.89. The highest BCUT2D eigenvalue weighted by Gasteiger charge is 2.36. The third-order valence-corrected chi connectivity index (χ3v) is 5.18. The summed E-state index contributed by atoms with van der Waals surface area (Å²) in [6.07, 6.45) is 3.81. The van der Waals surface area contributed by atoms with E-state index in [1.165, 1.54) is 0 Å². The number of ether oxygens (including phenoxy) is 1. The lowest BCUT2D eigenvalue weighted by molar-refractivity contribution is -0.147. The van der Waals surface area contributed by atoms with Gasteiger partial charge in [-0.15, -0.1) is 0 Å². The molecular weight excluding hydrogens is 304 g/mol. The number of likely N-dealkylation sites (tertiary alicyclic amines) is 1. The molecule has 1 aromatic carbocycles. The molecule has 5 heteroatoms. The van der Waals surface area contributed by atoms with Crippen LogP contribution in [0.2, 0.25) is 0 Å². The van der Waals surface area contributed by atoms with Gasteiger partial charge in [-0.25, -0.2) is 0 Å². The second-order valence-corrected chi connectivity index (χ2v) is 6.89. The van der Waals surface area contributed by atoms with Crippen molar-refractivity contribution in [3.8, 4) is 0 Å². The molecule has 0 bridgehead atoms. The minimum absolute atomic E-state index is 0.103. The van der Waals surface area contributed by atoms with Crippen LogP contribution in [-0.4, -0.2) is 36.4 Å². The molecule has 0 aromatic heterocycles. The van der Waals surface area contributed by atoms with Crippen LogP contribution in [0.5, 0.6) is 0 Å². The van der Waals surface area contributed by atoms with Crippen molar-refractivity contribution in [1.82, 2.24) is 4.90 Å². The Morgan fingerprint density at radius 1 is 1.12 bits per heavy atom. The molecule has 2 amide bonds. The summed E-state index contributed by atoms with van der Waals surface area (Å²) in [5.74, 6) is 0.165. The largest absolute Gasteiger partial charge is 0.373 e. The van der Waals surface area contributed by atoms with Crippen LogP contribution in [0.1, 0.15) is 43.8 Å². The average Bonchev–Trinajstić information content (AvgIpc) is 2.62. The summed E-state index contributed by atoms with van der Waals surface area (Å²) in [5.41, 5.74) is 6.36. The number of nitrogens with two attached hydrogens (primary N) is 1. The molecule has 0 saturated carbocycles. The summed E-state index contributed by atoms with van der Waals surface area (Å²) in [5, 5.41) is 0. The molecule has 1 aromatic rings. The minimum Gasteiger partial charge on any atom is -0.373 e. The van der Waals surface area contributed by atoms with E-state index < -0.39 is 0 Å². The Morgan fingerprint density at radius 3 is 2.50 bits per heavy atom. The van der Waals surface area contributed by atoms with Crippen LogP contribution in [0.15, 0.2) is 30.3 Å². The first kappa shape index (κ1) is 17.0. The molecule has 2 heterocycles. The quantitative estimate of drug-likeness (QED) is 0.920. The zero-order valence-electron chi connectivity index (χ0n) is 14.0. The third kappa shape index (κ3) is 3.96. The monoisotopic (exact) mass is 330 g/mol. The van der Waals surface area contributed by atoms with E-state index >= 15 is 0 Å². The number of amides is 2. The van der Waals surface area contributed by atoms with E-state index in [9.17, 15) is 9.59 Å². The molecule has 24 heavy (non-hydrogen) atoms. The molecule has 5 nitrogen and oxygen atoms in total. The number of primary amides is 1. The number of rotatable bonds is 4. The van der Waals surface area contributed by atoms with Crippen LogP contribution in [0.3, 0.4) is 0 Å². The molecule has 0 aliphatic carbocycles. The Hall–Kier alpha value is -1.88. The molecule has 2 aliphatic rings. The zero-order valence-corrected chi connectivity index (χ0v) is 14.0. The van der Waals surface area contributed by atoms with E-state index in [2.05, 4.69) is 0 Å². The number of hydrogen-bond acceptors (Lipinski definition) is 3. The highest BCUT2D eigenvalue weighted by atomic mass is 16.5. The first-order chi connectivity index (χ1) is 11.6. The van der Waals surface area contributed by atoms with Gasteiger partial charge in [0.2, 0.25) is 11.8 Å². The lowest BCUT2D eigenvalue weighted by Crippen LogP contribution is -2.45. The van der Waals surface area contributed by atoms with Crippen LogP contribution in [-0.2, 0) is 14.3 Å². The van der Waals surface area contributed by atoms with Crippen LogP contribution >= 0.6 is 0 Å². The maximum Gasteiger partial charge on any atom is 0.228 e. The van der Waals surface area contributed by atoms with Crippen molar-refractivity contribution >= 4 is 11.8 Å². The van der Waals surface area contributed by atoms with Gasteiger partial charge >= 0.3 is 0 Å². The van der Waals surface area contributed by atoms with E-state index in [1.54, 1.807) is 0 Å². The van der Waals surface area contributed by atoms with Gasteiger partial charge in [0.15, 0.2) is 0 Å². The lowest BCUT2D eigenvalue weighted by atomic mass is 9.86. The van der Waals surface area contributed by atoms with Crippen LogP contribution in [0.25, 0.3) is 0 Å². The lowest BCUT2D eigenvalue weighted by Gasteiger charge is -2.38. The van der Waals surface area contributed by atoms with Crippen molar-refractivity contribution in [2.24, 2.45) is 17.6 Å². The number of hydrogen-bond donors (Lipinski definition) is 1. The Morgan fingerprint density at radius 2 is 1.83 bits per heavy atom. The van der Waals surface area contributed by atoms with Gasteiger partial charge in [0.25, 0.3) is 0 Å². The SMILES string of the molecule is NC(=O)CC1CCN(C(=O)[C@H]2CCCO[C@H]2c2ccccc2)CC1. The van der Waals surface area contributed by atoms with Gasteiger partial charge in [0.05, 0.1) is 12.0 Å². The number of carbonyl (C=O) groups is 2. The molecule has 2 saturated heterocycles. The molecule has 0 unspecified atom stereocenters. The number of carbonyl (C=O) groups excluding carboxylic acids is 2. The predicted octanol–water partition coefficient (Wildman–Crippen LogP) is 2.27. The Kier molecular flexibility index (Phi) is 5.51. The van der Waals surface area contributed by atoms with Crippen LogP contribution < -0.4 is 5.73 Å². The van der Waals surface area contributed by atoms with Crippen molar-refractivity contribution in [3.05, 3.63) is 35.9 Å². The topological polar surface area (TPSA) is 72.6 Å². The van der Waals surface area contributed by atoms with Crippen molar-refractivity contribution in [3.63, 3.8) is 0 Å². The van der Waals surface area contributed by atoms with Crippen molar-refractivity contribution in [2.75, 3.05) is 19.7 Å². The van der Waals surface area contributed by atoms with Gasteiger partial charge in [0.1, 0.15) is 0 Å². The van der Waals surface area contributed by atoms with Crippen molar-refractivity contribution < 1.29 is 14.3 Å². The van der Waals surface area contributed by atoms with Gasteiger partial charge in [-0.05, 0) is 37.2 Å². The number of benzene rings is 1. The van der Waals surface area contributed by atoms with Gasteiger partial charge in [-0.2, -0.15) is 0 Å². The molecule has 2 aliphatic heterocycles. The summed E-state index contributed by atoms with van der Waals surface area (Å²) in [6.45, 7) is 2.15. The Labute approximate surface area is 143 Å². The van der Waals surface area contributed by atoms with Crippen molar-refractivity contribution in [2.45, 2.75) is 38.2 Å². The van der Waals surface area contributed by atoms with E-state index in [0.717, 1.165) is 44.3 Å². The van der Waals surface area contributed by atoms with Crippen molar-refractivity contribution in [1.29, 1.82) is 0 Å².